The number of rotatable bonds is 9. The van der Waals surface area contributed by atoms with Gasteiger partial charge in [-0.15, -0.1) is 5.70 Å². The molecule has 0 nitrogen and oxygen atoms in total. The summed E-state index contributed by atoms with van der Waals surface area (Å²) >= 11 is 0. The van der Waals surface area contributed by atoms with E-state index in [1.165, 1.54) is 32.1 Å². The van der Waals surface area contributed by atoms with Crippen LogP contribution in [0.25, 0.3) is 0 Å². The van der Waals surface area contributed by atoms with Crippen molar-refractivity contribution in [2.45, 2.75) is 98.0 Å². The van der Waals surface area contributed by atoms with Gasteiger partial charge in [0.25, 0.3) is 0 Å². The Kier molecular flexibility index (Phi) is 8.16. The van der Waals surface area contributed by atoms with Crippen LogP contribution in [0, 0.1) is 0 Å². The first kappa shape index (κ1) is 21.6. The molecule has 0 aromatic carbocycles. The summed E-state index contributed by atoms with van der Waals surface area (Å²) in [6.45, 7) is 25.2. The molecule has 0 aromatic heterocycles. The molecule has 0 bridgehead atoms. The van der Waals surface area contributed by atoms with Crippen molar-refractivity contribution in [2.24, 2.45) is 0 Å². The summed E-state index contributed by atoms with van der Waals surface area (Å²) in [6, 6.07) is 0. The maximum absolute atomic E-state index is 2.89. The summed E-state index contributed by atoms with van der Waals surface area (Å²) in [7, 11) is -3.32. The van der Waals surface area contributed by atoms with Gasteiger partial charge in [-0.05, 0) is 12.8 Å². The topological polar surface area (TPSA) is 0 Å². The third kappa shape index (κ3) is 5.32. The highest BCUT2D eigenvalue weighted by Crippen LogP contribution is 2.38. The van der Waals surface area contributed by atoms with Crippen molar-refractivity contribution in [3.05, 3.63) is 11.8 Å². The van der Waals surface area contributed by atoms with Gasteiger partial charge in [-0.3, -0.25) is 0 Å². The molecule has 0 rings (SSSR count). The van der Waals surface area contributed by atoms with Crippen molar-refractivity contribution in [2.75, 3.05) is 0 Å². The standard InChI is InChI=1S/C17H42Si4/c1-11-12-13-14-15-16-17-21(18(2,3)4,19(5,6)7)20(8,9)10/h16-17H,11-15H2,1-10H3. The average Bonchev–Trinajstić information content (AvgIpc) is 2.22. The highest BCUT2D eigenvalue weighted by molar-refractivity contribution is 7.90. The summed E-state index contributed by atoms with van der Waals surface area (Å²) in [5.74, 6) is 0. The lowest BCUT2D eigenvalue weighted by molar-refractivity contribution is 0.674. The number of hydrogen-bond donors (Lipinski definition) is 0. The third-order valence-electron chi connectivity index (χ3n) is 5.14. The average molecular weight is 359 g/mol. The highest BCUT2D eigenvalue weighted by atomic mass is 29.9. The van der Waals surface area contributed by atoms with E-state index in [2.05, 4.69) is 77.6 Å². The molecule has 0 unspecified atom stereocenters. The fourth-order valence-corrected chi connectivity index (χ4v) is 100. The van der Waals surface area contributed by atoms with Crippen LogP contribution >= 0.6 is 0 Å². The molecule has 0 atom stereocenters. The van der Waals surface area contributed by atoms with Crippen molar-refractivity contribution in [1.82, 2.24) is 0 Å². The normalized spacial score (nSPS) is 15.0. The molecular weight excluding hydrogens is 317 g/mol. The second-order valence-electron chi connectivity index (χ2n) is 9.81. The van der Waals surface area contributed by atoms with E-state index >= 15 is 0 Å². The van der Waals surface area contributed by atoms with Gasteiger partial charge in [0.05, 0.1) is 6.63 Å². The van der Waals surface area contributed by atoms with Crippen LogP contribution in [0.15, 0.2) is 11.8 Å². The summed E-state index contributed by atoms with van der Waals surface area (Å²) in [4.78, 5) is 0. The first-order valence-electron chi connectivity index (χ1n) is 8.99. The van der Waals surface area contributed by atoms with Crippen LogP contribution in [0.3, 0.4) is 0 Å². The van der Waals surface area contributed by atoms with Gasteiger partial charge in [-0.25, -0.2) is 0 Å². The Balaban J connectivity index is 5.38. The van der Waals surface area contributed by atoms with Gasteiger partial charge in [-0.2, -0.15) is 0 Å². The van der Waals surface area contributed by atoms with E-state index in [-0.39, 0.29) is 0 Å². The molecule has 0 N–H and O–H groups in total. The molecule has 0 heterocycles. The lowest BCUT2D eigenvalue weighted by atomic mass is 10.2. The SMILES string of the molecule is CCCCCCC=C[Si]([Si](C)(C)C)([Si](C)(C)C)[Si](C)(C)C. The summed E-state index contributed by atoms with van der Waals surface area (Å²) < 4.78 is 0. The Hall–Kier alpha value is 0.608. The molecule has 0 fully saturated rings. The number of hydrogen-bond acceptors (Lipinski definition) is 0. The minimum absolute atomic E-state index is 1.11. The minimum Gasteiger partial charge on any atom is -0.105 e. The molecule has 0 saturated carbocycles. The van der Waals surface area contributed by atoms with Crippen molar-refractivity contribution >= 4 is 29.4 Å². The smallest absolute Gasteiger partial charge is 0.0593 e. The fraction of sp³-hybridized carbons (Fsp3) is 0.882. The first-order chi connectivity index (χ1) is 9.31. The number of unbranched alkanes of at least 4 members (excludes halogenated alkanes) is 4. The number of allylic oxidation sites excluding steroid dienone is 1. The van der Waals surface area contributed by atoms with Crippen molar-refractivity contribution in [3.63, 3.8) is 0 Å². The molecule has 126 valence electrons. The zero-order chi connectivity index (χ0) is 16.9. The van der Waals surface area contributed by atoms with Gasteiger partial charge in [-0.1, -0.05) is 91.2 Å². The zero-order valence-electron chi connectivity index (χ0n) is 16.7. The maximum Gasteiger partial charge on any atom is 0.0593 e. The molecule has 0 spiro atoms. The van der Waals surface area contributed by atoms with Gasteiger partial charge in [0, 0.05) is 22.8 Å². The zero-order valence-corrected chi connectivity index (χ0v) is 20.7. The molecule has 21 heavy (non-hydrogen) atoms. The van der Waals surface area contributed by atoms with Crippen LogP contribution in [-0.4, -0.2) is 29.4 Å². The predicted octanol–water partition coefficient (Wildman–Crippen LogP) is 6.75. The van der Waals surface area contributed by atoms with Crippen LogP contribution in [0.4, 0.5) is 0 Å². The Morgan fingerprint density at radius 3 is 1.38 bits per heavy atom. The highest BCUT2D eigenvalue weighted by Gasteiger charge is 2.59. The molecule has 0 amide bonds. The molecular formula is C17H42Si4. The minimum atomic E-state index is -1.23. The van der Waals surface area contributed by atoms with E-state index in [1.54, 1.807) is 0 Å². The lowest BCUT2D eigenvalue weighted by Gasteiger charge is -2.56. The fourth-order valence-electron chi connectivity index (χ4n) is 5.07. The Morgan fingerprint density at radius 1 is 0.619 bits per heavy atom. The van der Waals surface area contributed by atoms with Gasteiger partial charge < -0.3 is 0 Å². The van der Waals surface area contributed by atoms with Gasteiger partial charge >= 0.3 is 0 Å². The molecule has 0 radical (unpaired) electrons. The summed E-state index contributed by atoms with van der Waals surface area (Å²) in [6.07, 6.45) is 9.54. The maximum atomic E-state index is 2.89. The predicted molar refractivity (Wildman–Crippen MR) is 114 cm³/mol. The Bertz CT molecular complexity index is 290. The van der Waals surface area contributed by atoms with E-state index in [4.69, 9.17) is 0 Å². The quantitative estimate of drug-likeness (QED) is 0.316. The van der Waals surface area contributed by atoms with Crippen LogP contribution in [-0.2, 0) is 0 Å². The van der Waals surface area contributed by atoms with E-state index in [0.717, 1.165) is 0 Å². The van der Waals surface area contributed by atoms with Crippen molar-refractivity contribution in [1.29, 1.82) is 0 Å². The van der Waals surface area contributed by atoms with E-state index < -0.39 is 29.4 Å². The lowest BCUT2D eigenvalue weighted by Crippen LogP contribution is -2.81. The third-order valence-corrected chi connectivity index (χ3v) is 76.3. The molecule has 0 aliphatic rings. The molecule has 0 aliphatic carbocycles. The van der Waals surface area contributed by atoms with Crippen LogP contribution in [0.2, 0.25) is 58.9 Å². The van der Waals surface area contributed by atoms with E-state index in [1.807, 2.05) is 0 Å². The van der Waals surface area contributed by atoms with Gasteiger partial charge in [0.2, 0.25) is 0 Å². The van der Waals surface area contributed by atoms with E-state index in [0.29, 0.717) is 0 Å². The Labute approximate surface area is 139 Å². The van der Waals surface area contributed by atoms with E-state index in [9.17, 15) is 0 Å². The monoisotopic (exact) mass is 358 g/mol. The summed E-state index contributed by atoms with van der Waals surface area (Å²) in [5, 5.41) is 0. The molecule has 0 saturated heterocycles. The van der Waals surface area contributed by atoms with Crippen LogP contribution < -0.4 is 0 Å². The molecule has 0 aliphatic heterocycles. The van der Waals surface area contributed by atoms with Gasteiger partial charge in [0.1, 0.15) is 0 Å². The first-order valence-corrected chi connectivity index (χ1v) is 24.6. The van der Waals surface area contributed by atoms with Crippen molar-refractivity contribution < 1.29 is 0 Å². The van der Waals surface area contributed by atoms with Crippen LogP contribution in [0.1, 0.15) is 39.0 Å². The van der Waals surface area contributed by atoms with Crippen molar-refractivity contribution in [3.8, 4) is 0 Å². The molecule has 4 heteroatoms. The molecule has 0 aromatic rings. The Morgan fingerprint density at radius 2 is 1.05 bits per heavy atom. The second kappa shape index (κ2) is 7.93. The van der Waals surface area contributed by atoms with Crippen LogP contribution in [0.5, 0.6) is 0 Å². The van der Waals surface area contributed by atoms with Gasteiger partial charge in [0.15, 0.2) is 0 Å². The second-order valence-corrected chi connectivity index (χ2v) is 50.4. The largest absolute Gasteiger partial charge is 0.105 e. The summed E-state index contributed by atoms with van der Waals surface area (Å²) in [5.41, 5.74) is 2.89.